The highest BCUT2D eigenvalue weighted by atomic mass is 35.5. The number of amides is 1. The number of hydrogen-bond donors (Lipinski definition) is 1. The third-order valence-corrected chi connectivity index (χ3v) is 5.21. The summed E-state index contributed by atoms with van der Waals surface area (Å²) in [5.41, 5.74) is 0. The molecule has 7 nitrogen and oxygen atoms in total. The van der Waals surface area contributed by atoms with Gasteiger partial charge in [0, 0.05) is 63.6 Å². The summed E-state index contributed by atoms with van der Waals surface area (Å²) in [6.45, 7) is 6.81. The molecule has 1 atom stereocenters. The first kappa shape index (κ1) is 21.5. The molecular weight excluding hydrogens is 373 g/mol. The molecule has 1 amide bonds. The first-order chi connectivity index (χ1) is 10.7. The number of nitrogens with zero attached hydrogens (tertiary/aromatic N) is 4. The Morgan fingerprint density at radius 3 is 2.67 bits per heavy atom. The van der Waals surface area contributed by atoms with Gasteiger partial charge in [0.15, 0.2) is 5.82 Å². The lowest BCUT2D eigenvalue weighted by Gasteiger charge is -2.35. The molecule has 138 valence electrons. The summed E-state index contributed by atoms with van der Waals surface area (Å²) in [6, 6.07) is 0.339. The number of piperazine rings is 1. The molecule has 0 aromatic carbocycles. The smallest absolute Gasteiger partial charge is 0.224 e. The minimum Gasteiger partial charge on any atom is -0.340 e. The van der Waals surface area contributed by atoms with Crippen molar-refractivity contribution in [2.24, 2.45) is 0 Å². The van der Waals surface area contributed by atoms with E-state index in [4.69, 9.17) is 4.52 Å². The maximum absolute atomic E-state index is 12.4. The molecule has 0 radical (unpaired) electrons. The van der Waals surface area contributed by atoms with Crippen LogP contribution in [-0.4, -0.2) is 76.1 Å². The Kier molecular flexibility index (Phi) is 9.36. The van der Waals surface area contributed by atoms with Gasteiger partial charge in [-0.05, 0) is 0 Å². The highest BCUT2D eigenvalue weighted by Gasteiger charge is 2.25. The van der Waals surface area contributed by atoms with Crippen LogP contribution in [0.1, 0.15) is 18.1 Å². The van der Waals surface area contributed by atoms with Crippen LogP contribution < -0.4 is 5.32 Å². The molecule has 2 saturated heterocycles. The van der Waals surface area contributed by atoms with E-state index in [-0.39, 0.29) is 30.7 Å². The van der Waals surface area contributed by atoms with Gasteiger partial charge < -0.3 is 14.7 Å². The predicted octanol–water partition coefficient (Wildman–Crippen LogP) is 0.961. The van der Waals surface area contributed by atoms with Gasteiger partial charge in [-0.2, -0.15) is 16.7 Å². The molecule has 0 aliphatic carbocycles. The number of hydrogen-bond acceptors (Lipinski definition) is 7. The SMILES string of the molecule is Cc1nc(CN2CCN(C(=O)CC3CSCCN3)CC2)no1.Cl.Cl. The summed E-state index contributed by atoms with van der Waals surface area (Å²) >= 11 is 1.93. The van der Waals surface area contributed by atoms with Crippen molar-refractivity contribution in [2.45, 2.75) is 25.9 Å². The van der Waals surface area contributed by atoms with Crippen LogP contribution >= 0.6 is 36.6 Å². The molecule has 1 aromatic rings. The van der Waals surface area contributed by atoms with Gasteiger partial charge in [-0.25, -0.2) is 0 Å². The van der Waals surface area contributed by atoms with Crippen molar-refractivity contribution in [3.8, 4) is 0 Å². The average Bonchev–Trinajstić information content (AvgIpc) is 2.94. The molecule has 10 heteroatoms. The van der Waals surface area contributed by atoms with Crippen molar-refractivity contribution in [3.05, 3.63) is 11.7 Å². The largest absolute Gasteiger partial charge is 0.340 e. The summed E-state index contributed by atoms with van der Waals surface area (Å²) in [6.07, 6.45) is 0.622. The highest BCUT2D eigenvalue weighted by molar-refractivity contribution is 7.99. The maximum Gasteiger partial charge on any atom is 0.224 e. The first-order valence-corrected chi connectivity index (χ1v) is 8.96. The number of aromatic nitrogens is 2. The lowest BCUT2D eigenvalue weighted by molar-refractivity contribution is -0.133. The van der Waals surface area contributed by atoms with Crippen LogP contribution in [0.3, 0.4) is 0 Å². The van der Waals surface area contributed by atoms with E-state index >= 15 is 0 Å². The summed E-state index contributed by atoms with van der Waals surface area (Å²) in [4.78, 5) is 20.8. The Hall–Kier alpha value is -0.540. The van der Waals surface area contributed by atoms with Gasteiger partial charge in [0.25, 0.3) is 0 Å². The molecule has 1 unspecified atom stereocenters. The van der Waals surface area contributed by atoms with E-state index in [2.05, 4.69) is 20.4 Å². The molecule has 3 heterocycles. The van der Waals surface area contributed by atoms with Crippen LogP contribution in [0.15, 0.2) is 4.52 Å². The summed E-state index contributed by atoms with van der Waals surface area (Å²) in [5, 5.41) is 7.35. The number of nitrogens with one attached hydrogen (secondary N) is 1. The second-order valence-corrected chi connectivity index (χ2v) is 6.97. The highest BCUT2D eigenvalue weighted by Crippen LogP contribution is 2.13. The molecule has 2 aliphatic rings. The van der Waals surface area contributed by atoms with Gasteiger partial charge in [0.2, 0.25) is 11.8 Å². The predicted molar refractivity (Wildman–Crippen MR) is 99.1 cm³/mol. The van der Waals surface area contributed by atoms with Crippen molar-refractivity contribution in [2.75, 3.05) is 44.2 Å². The van der Waals surface area contributed by atoms with E-state index in [0.29, 0.717) is 24.9 Å². The number of rotatable bonds is 4. The molecule has 1 N–H and O–H groups in total. The average molecular weight is 398 g/mol. The van der Waals surface area contributed by atoms with Gasteiger partial charge in [-0.3, -0.25) is 9.69 Å². The van der Waals surface area contributed by atoms with E-state index in [1.165, 1.54) is 0 Å². The number of carbonyl (C=O) groups excluding carboxylic acids is 1. The second-order valence-electron chi connectivity index (χ2n) is 5.82. The molecule has 1 aromatic heterocycles. The lowest BCUT2D eigenvalue weighted by Crippen LogP contribution is -2.50. The molecule has 3 rings (SSSR count). The first-order valence-electron chi connectivity index (χ1n) is 7.81. The van der Waals surface area contributed by atoms with Crippen LogP contribution in [-0.2, 0) is 11.3 Å². The molecule has 0 spiro atoms. The Bertz CT molecular complexity index is 505. The van der Waals surface area contributed by atoms with Gasteiger partial charge >= 0.3 is 0 Å². The number of aryl methyl sites for hydroxylation is 1. The fourth-order valence-corrected chi connectivity index (χ4v) is 3.80. The third kappa shape index (κ3) is 6.07. The number of carbonyl (C=O) groups is 1. The van der Waals surface area contributed by atoms with Gasteiger partial charge in [0.1, 0.15) is 0 Å². The number of halogens is 2. The van der Waals surface area contributed by atoms with E-state index < -0.39 is 0 Å². The summed E-state index contributed by atoms with van der Waals surface area (Å²) in [5.74, 6) is 3.79. The fraction of sp³-hybridized carbons (Fsp3) is 0.786. The van der Waals surface area contributed by atoms with Crippen molar-refractivity contribution in [3.63, 3.8) is 0 Å². The quantitative estimate of drug-likeness (QED) is 0.810. The fourth-order valence-electron chi connectivity index (χ4n) is 2.85. The van der Waals surface area contributed by atoms with Crippen molar-refractivity contribution in [1.82, 2.24) is 25.3 Å². The number of thioether (sulfide) groups is 1. The van der Waals surface area contributed by atoms with E-state index in [1.807, 2.05) is 16.7 Å². The van der Waals surface area contributed by atoms with Gasteiger partial charge in [-0.1, -0.05) is 5.16 Å². The molecule has 0 bridgehead atoms. The zero-order valence-electron chi connectivity index (χ0n) is 13.8. The summed E-state index contributed by atoms with van der Waals surface area (Å²) < 4.78 is 4.99. The normalized spacial score (nSPS) is 21.7. The molecule has 0 saturated carbocycles. The van der Waals surface area contributed by atoms with Crippen molar-refractivity contribution < 1.29 is 9.32 Å². The molecular formula is C14H25Cl2N5O2S. The summed E-state index contributed by atoms with van der Waals surface area (Å²) in [7, 11) is 0. The zero-order chi connectivity index (χ0) is 15.4. The minimum atomic E-state index is 0. The van der Waals surface area contributed by atoms with E-state index in [9.17, 15) is 4.79 Å². The van der Waals surface area contributed by atoms with Crippen LogP contribution in [0.25, 0.3) is 0 Å². The van der Waals surface area contributed by atoms with Crippen LogP contribution in [0.4, 0.5) is 0 Å². The molecule has 2 aliphatic heterocycles. The van der Waals surface area contributed by atoms with E-state index in [0.717, 1.165) is 50.1 Å². The second kappa shape index (κ2) is 10.5. The monoisotopic (exact) mass is 397 g/mol. The standard InChI is InChI=1S/C14H23N5O2S.2ClH/c1-11-16-13(17-21-11)9-18-3-5-19(6-4-18)14(20)8-12-10-22-7-2-15-12;;/h12,15H,2-10H2,1H3;2*1H. The maximum atomic E-state index is 12.4. The van der Waals surface area contributed by atoms with Crippen LogP contribution in [0.5, 0.6) is 0 Å². The molecule has 2 fully saturated rings. The Morgan fingerprint density at radius 1 is 1.33 bits per heavy atom. The lowest BCUT2D eigenvalue weighted by atomic mass is 10.2. The van der Waals surface area contributed by atoms with Crippen molar-refractivity contribution >= 4 is 42.5 Å². The molecule has 24 heavy (non-hydrogen) atoms. The Morgan fingerprint density at radius 2 is 2.08 bits per heavy atom. The van der Waals surface area contributed by atoms with Gasteiger partial charge in [0.05, 0.1) is 6.54 Å². The van der Waals surface area contributed by atoms with Crippen molar-refractivity contribution in [1.29, 1.82) is 0 Å². The third-order valence-electron chi connectivity index (χ3n) is 4.08. The zero-order valence-corrected chi connectivity index (χ0v) is 16.2. The Labute approximate surface area is 159 Å². The van der Waals surface area contributed by atoms with Crippen LogP contribution in [0.2, 0.25) is 0 Å². The van der Waals surface area contributed by atoms with Crippen LogP contribution in [0, 0.1) is 6.92 Å². The Balaban J connectivity index is 0.00000144. The van der Waals surface area contributed by atoms with Gasteiger partial charge in [-0.15, -0.1) is 24.8 Å². The minimum absolute atomic E-state index is 0. The topological polar surface area (TPSA) is 74.5 Å². The van der Waals surface area contributed by atoms with E-state index in [1.54, 1.807) is 6.92 Å².